The Hall–Kier alpha value is -3.39. The van der Waals surface area contributed by atoms with Crippen molar-refractivity contribution in [1.29, 1.82) is 0 Å². The monoisotopic (exact) mass is 478 g/mol. The van der Waals surface area contributed by atoms with Gasteiger partial charge < -0.3 is 20.1 Å². The van der Waals surface area contributed by atoms with Gasteiger partial charge >= 0.3 is 0 Å². The second-order valence-corrected chi connectivity index (χ2v) is 9.26. The van der Waals surface area contributed by atoms with Crippen molar-refractivity contribution in [2.45, 2.75) is 25.3 Å². The number of aromatic amines is 1. The number of aromatic nitrogens is 3. The minimum absolute atomic E-state index is 0.0344. The minimum atomic E-state index is -0.0636. The van der Waals surface area contributed by atoms with E-state index in [4.69, 9.17) is 16.6 Å². The van der Waals surface area contributed by atoms with E-state index in [1.807, 2.05) is 35.4 Å². The van der Waals surface area contributed by atoms with Crippen molar-refractivity contribution >= 4 is 40.3 Å². The van der Waals surface area contributed by atoms with Crippen molar-refractivity contribution in [3.63, 3.8) is 0 Å². The molecule has 9 heteroatoms. The molecule has 0 bridgehead atoms. The lowest BCUT2D eigenvalue weighted by Crippen LogP contribution is -2.43. The number of hydrogen-bond donors (Lipinski definition) is 2. The lowest BCUT2D eigenvalue weighted by molar-refractivity contribution is -0.138. The van der Waals surface area contributed by atoms with Gasteiger partial charge in [0, 0.05) is 60.8 Å². The highest BCUT2D eigenvalue weighted by Gasteiger charge is 2.33. The maximum atomic E-state index is 13.0. The molecule has 3 aromatic rings. The van der Waals surface area contributed by atoms with Crippen LogP contribution in [0.3, 0.4) is 0 Å². The smallest absolute Gasteiger partial charge is 0.245 e. The molecule has 0 radical (unpaired) electrons. The van der Waals surface area contributed by atoms with Crippen molar-refractivity contribution < 1.29 is 9.59 Å². The molecule has 0 aliphatic carbocycles. The number of para-hydroxylation sites is 1. The van der Waals surface area contributed by atoms with Gasteiger partial charge in [-0.05, 0) is 31.4 Å². The Bertz CT molecular complexity index is 1230. The zero-order chi connectivity index (χ0) is 23.7. The molecule has 2 aromatic heterocycles. The lowest BCUT2D eigenvalue weighted by atomic mass is 9.95. The molecular weight excluding hydrogens is 452 g/mol. The fourth-order valence-electron chi connectivity index (χ4n) is 4.89. The first-order valence-corrected chi connectivity index (χ1v) is 12.0. The van der Waals surface area contributed by atoms with Gasteiger partial charge in [0.05, 0.1) is 16.9 Å². The molecule has 4 heterocycles. The summed E-state index contributed by atoms with van der Waals surface area (Å²) in [5, 5.41) is 4.92. The van der Waals surface area contributed by atoms with Gasteiger partial charge in [0.25, 0.3) is 0 Å². The standard InChI is InChI=1S/C25H27ClN6O2/c1-2-22(33)31-10-7-16(8-11-31)24(34)32-12-9-17(15-32)29-25-28-14-20(26)23(30-25)19-13-27-21-6-4-3-5-18(19)21/h2-6,13-14,16-17,27H,1,7-12,15H2,(H,28,29,30)/t17-/m0/s1. The number of rotatable bonds is 5. The number of anilines is 1. The van der Waals surface area contributed by atoms with Crippen LogP contribution in [0.15, 0.2) is 49.3 Å². The van der Waals surface area contributed by atoms with Gasteiger partial charge in [-0.25, -0.2) is 9.97 Å². The van der Waals surface area contributed by atoms with Crippen LogP contribution < -0.4 is 5.32 Å². The van der Waals surface area contributed by atoms with Gasteiger partial charge in [0.15, 0.2) is 0 Å². The summed E-state index contributed by atoms with van der Waals surface area (Å²) >= 11 is 6.44. The molecule has 0 unspecified atom stereocenters. The summed E-state index contributed by atoms with van der Waals surface area (Å²) in [4.78, 5) is 40.8. The number of nitrogens with one attached hydrogen (secondary N) is 2. The normalized spacial score (nSPS) is 18.9. The maximum absolute atomic E-state index is 13.0. The summed E-state index contributed by atoms with van der Waals surface area (Å²) < 4.78 is 0. The molecular formula is C25H27ClN6O2. The Morgan fingerprint density at radius 2 is 1.91 bits per heavy atom. The molecule has 0 saturated carbocycles. The van der Waals surface area contributed by atoms with Gasteiger partial charge in [0.1, 0.15) is 0 Å². The van der Waals surface area contributed by atoms with E-state index >= 15 is 0 Å². The quantitative estimate of drug-likeness (QED) is 0.545. The number of halogens is 1. The second-order valence-electron chi connectivity index (χ2n) is 8.86. The summed E-state index contributed by atoms with van der Waals surface area (Å²) in [6.07, 6.45) is 7.08. The van der Waals surface area contributed by atoms with Gasteiger partial charge in [-0.1, -0.05) is 36.4 Å². The molecule has 176 valence electrons. The zero-order valence-electron chi connectivity index (χ0n) is 18.8. The van der Waals surface area contributed by atoms with Gasteiger partial charge in [0.2, 0.25) is 17.8 Å². The van der Waals surface area contributed by atoms with Crippen molar-refractivity contribution in [2.24, 2.45) is 5.92 Å². The first-order chi connectivity index (χ1) is 16.5. The van der Waals surface area contributed by atoms with Crippen molar-refractivity contribution in [3.8, 4) is 11.3 Å². The molecule has 0 spiro atoms. The van der Waals surface area contributed by atoms with Crippen LogP contribution in [0.5, 0.6) is 0 Å². The Balaban J connectivity index is 1.23. The van der Waals surface area contributed by atoms with E-state index in [-0.39, 0.29) is 23.8 Å². The third kappa shape index (κ3) is 4.37. The van der Waals surface area contributed by atoms with E-state index in [1.165, 1.54) is 6.08 Å². The fourth-order valence-corrected chi connectivity index (χ4v) is 5.08. The van der Waals surface area contributed by atoms with E-state index in [1.54, 1.807) is 11.1 Å². The summed E-state index contributed by atoms with van der Waals surface area (Å²) in [6.45, 7) is 6.06. The molecule has 2 aliphatic rings. The first-order valence-electron chi connectivity index (χ1n) is 11.6. The zero-order valence-corrected chi connectivity index (χ0v) is 19.6. The molecule has 1 aromatic carbocycles. The van der Waals surface area contributed by atoms with Crippen LogP contribution in [0.25, 0.3) is 22.2 Å². The first kappa shape index (κ1) is 22.4. The highest BCUT2D eigenvalue weighted by molar-refractivity contribution is 6.33. The van der Waals surface area contributed by atoms with Crippen LogP contribution in [0, 0.1) is 5.92 Å². The molecule has 34 heavy (non-hydrogen) atoms. The number of fused-ring (bicyclic) bond motifs is 1. The van der Waals surface area contributed by atoms with Crippen LogP contribution in [-0.2, 0) is 9.59 Å². The summed E-state index contributed by atoms with van der Waals surface area (Å²) in [7, 11) is 0. The highest BCUT2D eigenvalue weighted by atomic mass is 35.5. The highest BCUT2D eigenvalue weighted by Crippen LogP contribution is 2.32. The molecule has 2 amide bonds. The van der Waals surface area contributed by atoms with Gasteiger partial charge in [-0.3, -0.25) is 9.59 Å². The SMILES string of the molecule is C=CC(=O)N1CCC(C(=O)N2CC[C@H](Nc3ncc(Cl)c(-c4c[nH]c5ccccc45)n3)C2)CC1. The number of likely N-dealkylation sites (tertiary alicyclic amines) is 2. The number of carbonyl (C=O) groups excluding carboxylic acids is 2. The summed E-state index contributed by atoms with van der Waals surface area (Å²) in [5.74, 6) is 0.575. The third-order valence-corrected chi connectivity index (χ3v) is 7.03. The number of hydrogen-bond acceptors (Lipinski definition) is 5. The fraction of sp³-hybridized carbons (Fsp3) is 0.360. The molecule has 8 nitrogen and oxygen atoms in total. The van der Waals surface area contributed by atoms with Crippen LogP contribution in [-0.4, -0.2) is 68.8 Å². The largest absolute Gasteiger partial charge is 0.360 e. The predicted molar refractivity (Wildman–Crippen MR) is 132 cm³/mol. The predicted octanol–water partition coefficient (Wildman–Crippen LogP) is 3.72. The third-order valence-electron chi connectivity index (χ3n) is 6.75. The number of carbonyl (C=O) groups is 2. The average Bonchev–Trinajstić information content (AvgIpc) is 3.52. The van der Waals surface area contributed by atoms with E-state index in [9.17, 15) is 9.59 Å². The van der Waals surface area contributed by atoms with Crippen LogP contribution in [0.2, 0.25) is 5.02 Å². The summed E-state index contributed by atoms with van der Waals surface area (Å²) in [6, 6.07) is 8.08. The van der Waals surface area contributed by atoms with Crippen molar-refractivity contribution in [2.75, 3.05) is 31.5 Å². The van der Waals surface area contributed by atoms with Gasteiger partial charge in [-0.15, -0.1) is 0 Å². The van der Waals surface area contributed by atoms with Gasteiger partial charge in [-0.2, -0.15) is 0 Å². The van der Waals surface area contributed by atoms with Crippen molar-refractivity contribution in [3.05, 3.63) is 54.3 Å². The van der Waals surface area contributed by atoms with E-state index in [0.717, 1.165) is 22.9 Å². The Morgan fingerprint density at radius 3 is 2.71 bits per heavy atom. The van der Waals surface area contributed by atoms with Crippen molar-refractivity contribution in [1.82, 2.24) is 24.8 Å². The summed E-state index contributed by atoms with van der Waals surface area (Å²) in [5.41, 5.74) is 2.62. The number of amides is 2. The Labute approximate surface area is 203 Å². The number of nitrogens with zero attached hydrogens (tertiary/aromatic N) is 4. The maximum Gasteiger partial charge on any atom is 0.245 e. The molecule has 1 atom stereocenters. The van der Waals surface area contributed by atoms with E-state index in [2.05, 4.69) is 21.9 Å². The Morgan fingerprint density at radius 1 is 1.15 bits per heavy atom. The van der Waals surface area contributed by atoms with Crippen LogP contribution in [0.1, 0.15) is 19.3 Å². The lowest BCUT2D eigenvalue weighted by Gasteiger charge is -2.32. The number of piperidine rings is 1. The van der Waals surface area contributed by atoms with Crippen LogP contribution in [0.4, 0.5) is 5.95 Å². The average molecular weight is 479 g/mol. The molecule has 2 N–H and O–H groups in total. The second kappa shape index (κ2) is 9.46. The number of H-pyrrole nitrogens is 1. The van der Waals surface area contributed by atoms with E-state index < -0.39 is 0 Å². The molecule has 2 saturated heterocycles. The van der Waals surface area contributed by atoms with Crippen LogP contribution >= 0.6 is 11.6 Å². The molecule has 2 aliphatic heterocycles. The van der Waals surface area contributed by atoms with E-state index in [0.29, 0.717) is 55.7 Å². The number of benzene rings is 1. The topological polar surface area (TPSA) is 94.2 Å². The Kier molecular flexibility index (Phi) is 6.24. The molecule has 2 fully saturated rings. The molecule has 5 rings (SSSR count). The minimum Gasteiger partial charge on any atom is -0.360 e.